The van der Waals surface area contributed by atoms with Gasteiger partial charge in [-0.2, -0.15) is 5.10 Å². The zero-order chi connectivity index (χ0) is 30.6. The first-order valence-corrected chi connectivity index (χ1v) is 14.9. The van der Waals surface area contributed by atoms with Crippen molar-refractivity contribution in [1.29, 1.82) is 0 Å². The maximum absolute atomic E-state index is 13.3. The van der Waals surface area contributed by atoms with Crippen molar-refractivity contribution in [2.24, 2.45) is 5.92 Å². The molecule has 3 unspecified atom stereocenters. The molecule has 2 aromatic heterocycles. The lowest BCUT2D eigenvalue weighted by molar-refractivity contribution is 0.0135. The lowest BCUT2D eigenvalue weighted by atomic mass is 9.97. The first kappa shape index (κ1) is 28.6. The van der Waals surface area contributed by atoms with Gasteiger partial charge in [0.15, 0.2) is 5.65 Å². The molecule has 2 aromatic carbocycles. The molecule has 1 saturated carbocycles. The number of amides is 2. The average Bonchev–Trinajstić information content (AvgIpc) is 3.65. The third-order valence-electron chi connectivity index (χ3n) is 8.46. The van der Waals surface area contributed by atoms with Crippen molar-refractivity contribution in [3.63, 3.8) is 0 Å². The smallest absolute Gasteiger partial charge is 0.410 e. The second-order valence-corrected chi connectivity index (χ2v) is 13.1. The summed E-state index contributed by atoms with van der Waals surface area (Å²) in [6, 6.07) is 13.2. The molecule has 10 nitrogen and oxygen atoms in total. The van der Waals surface area contributed by atoms with Crippen molar-refractivity contribution < 1.29 is 14.3 Å². The fraction of sp³-hybridized carbons (Fsp3) is 0.424. The van der Waals surface area contributed by atoms with E-state index in [1.54, 1.807) is 6.07 Å². The van der Waals surface area contributed by atoms with Gasteiger partial charge in [0.05, 0.1) is 17.5 Å². The molecule has 2 aliphatic rings. The van der Waals surface area contributed by atoms with Crippen LogP contribution in [0.4, 0.5) is 16.3 Å². The Hall–Kier alpha value is -4.47. The van der Waals surface area contributed by atoms with E-state index in [9.17, 15) is 9.59 Å². The highest BCUT2D eigenvalue weighted by Gasteiger charge is 2.50. The number of benzene rings is 2. The topological polar surface area (TPSA) is 128 Å². The summed E-state index contributed by atoms with van der Waals surface area (Å²) in [5.41, 5.74) is 11.4. The Morgan fingerprint density at radius 3 is 2.53 bits per heavy atom. The maximum Gasteiger partial charge on any atom is 0.410 e. The summed E-state index contributed by atoms with van der Waals surface area (Å²) in [5, 5.41) is 8.70. The average molecular weight is 582 g/mol. The molecule has 224 valence electrons. The number of nitrogens with two attached hydrogens (primary N) is 1. The molecule has 1 aliphatic heterocycles. The molecule has 2 amide bonds. The predicted octanol–water partition coefficient (Wildman–Crippen LogP) is 6.33. The number of likely N-dealkylation sites (tertiary alicyclic amines) is 1. The standard InChI is InChI=1S/C33H39N7O3/c1-18(2)24-11-10-23(12-19(24)3)37-31(41)22-9-7-8-21(15-22)28-27-29(34)35-17-36-30(27)40(38-28)26-14-20-13-25(26)39(16-20)32(42)43-33(4,5)6/h7-12,15,17-18,20,25-26H,13-14,16H2,1-6H3,(H,37,41)(H2,34,35,36). The fourth-order valence-electron chi connectivity index (χ4n) is 6.63. The van der Waals surface area contributed by atoms with Gasteiger partial charge in [0.25, 0.3) is 5.91 Å². The number of carbonyl (C=O) groups is 2. The Morgan fingerprint density at radius 1 is 1.07 bits per heavy atom. The molecule has 0 radical (unpaired) electrons. The summed E-state index contributed by atoms with van der Waals surface area (Å²) in [5.74, 6) is 0.864. The van der Waals surface area contributed by atoms with Crippen molar-refractivity contribution in [3.05, 3.63) is 65.5 Å². The highest BCUT2D eigenvalue weighted by atomic mass is 16.6. The third kappa shape index (κ3) is 5.42. The molecule has 10 heteroatoms. The van der Waals surface area contributed by atoms with Crippen LogP contribution in [0.1, 0.15) is 80.9 Å². The maximum atomic E-state index is 13.3. The lowest BCUT2D eigenvalue weighted by Gasteiger charge is -2.34. The molecular formula is C33H39N7O3. The minimum absolute atomic E-state index is 0.0605. The van der Waals surface area contributed by atoms with Gasteiger partial charge in [-0.3, -0.25) is 4.79 Å². The van der Waals surface area contributed by atoms with Crippen LogP contribution < -0.4 is 11.1 Å². The number of hydrogen-bond donors (Lipinski definition) is 2. The Morgan fingerprint density at radius 2 is 1.84 bits per heavy atom. The number of aryl methyl sites for hydroxylation is 1. The summed E-state index contributed by atoms with van der Waals surface area (Å²) < 4.78 is 7.61. The molecule has 1 saturated heterocycles. The first-order valence-electron chi connectivity index (χ1n) is 14.9. The van der Waals surface area contributed by atoms with Crippen molar-refractivity contribution in [2.75, 3.05) is 17.6 Å². The number of carbonyl (C=O) groups excluding carboxylic acids is 2. The number of ether oxygens (including phenoxy) is 1. The van der Waals surface area contributed by atoms with Crippen molar-refractivity contribution in [1.82, 2.24) is 24.6 Å². The highest BCUT2D eigenvalue weighted by Crippen LogP contribution is 2.46. The van der Waals surface area contributed by atoms with E-state index in [-0.39, 0.29) is 24.1 Å². The number of anilines is 2. The minimum atomic E-state index is -0.574. The number of nitrogen functional groups attached to an aromatic ring is 1. The Balaban J connectivity index is 1.32. The molecule has 1 aliphatic carbocycles. The summed E-state index contributed by atoms with van der Waals surface area (Å²) in [4.78, 5) is 37.1. The molecule has 4 aromatic rings. The molecule has 3 N–H and O–H groups in total. The van der Waals surface area contributed by atoms with Gasteiger partial charge >= 0.3 is 6.09 Å². The van der Waals surface area contributed by atoms with Gasteiger partial charge in [-0.05, 0) is 87.8 Å². The summed E-state index contributed by atoms with van der Waals surface area (Å²) in [6.45, 7) is 12.7. The molecule has 3 heterocycles. The Labute approximate surface area is 251 Å². The van der Waals surface area contributed by atoms with Crippen LogP contribution in [0.5, 0.6) is 0 Å². The van der Waals surface area contributed by atoms with Crippen molar-refractivity contribution >= 4 is 34.5 Å². The molecular weight excluding hydrogens is 542 g/mol. The third-order valence-corrected chi connectivity index (χ3v) is 8.46. The number of piperidine rings is 1. The number of fused-ring (bicyclic) bond motifs is 3. The summed E-state index contributed by atoms with van der Waals surface area (Å²) >= 11 is 0. The molecule has 3 atom stereocenters. The minimum Gasteiger partial charge on any atom is -0.444 e. The number of nitrogens with zero attached hydrogens (tertiary/aromatic N) is 5. The van der Waals surface area contributed by atoms with E-state index in [4.69, 9.17) is 15.6 Å². The molecule has 6 rings (SSSR count). The van der Waals surface area contributed by atoms with Crippen LogP contribution in [0.3, 0.4) is 0 Å². The Bertz CT molecular complexity index is 1720. The van der Waals surface area contributed by atoms with E-state index in [1.807, 2.05) is 60.7 Å². The quantitative estimate of drug-likeness (QED) is 0.282. The van der Waals surface area contributed by atoms with Crippen LogP contribution in [-0.4, -0.2) is 54.8 Å². The normalized spacial score (nSPS) is 19.8. The van der Waals surface area contributed by atoms with E-state index in [0.717, 1.165) is 29.7 Å². The monoisotopic (exact) mass is 581 g/mol. The SMILES string of the molecule is Cc1cc(NC(=O)c2cccc(-c3nn(C4CC5CC4N(C(=O)OC(C)(C)C)C5)c4ncnc(N)c34)c2)ccc1C(C)C. The molecule has 0 spiro atoms. The van der Waals surface area contributed by atoms with Crippen LogP contribution in [0, 0.1) is 12.8 Å². The lowest BCUT2D eigenvalue weighted by Crippen LogP contribution is -2.45. The number of nitrogens with one attached hydrogen (secondary N) is 1. The fourth-order valence-corrected chi connectivity index (χ4v) is 6.63. The summed E-state index contributed by atoms with van der Waals surface area (Å²) in [6.07, 6.45) is 2.90. The van der Waals surface area contributed by atoms with Gasteiger partial charge in [-0.25, -0.2) is 19.4 Å². The van der Waals surface area contributed by atoms with Gasteiger partial charge in [0.2, 0.25) is 0 Å². The van der Waals surface area contributed by atoms with Crippen LogP contribution in [0.25, 0.3) is 22.3 Å². The van der Waals surface area contributed by atoms with Crippen LogP contribution in [0.15, 0.2) is 48.8 Å². The van der Waals surface area contributed by atoms with Gasteiger partial charge in [-0.1, -0.05) is 32.0 Å². The number of hydrogen-bond acceptors (Lipinski definition) is 7. The zero-order valence-electron chi connectivity index (χ0n) is 25.6. The largest absolute Gasteiger partial charge is 0.444 e. The molecule has 43 heavy (non-hydrogen) atoms. The van der Waals surface area contributed by atoms with Gasteiger partial charge in [0.1, 0.15) is 23.4 Å². The van der Waals surface area contributed by atoms with Gasteiger partial charge in [-0.15, -0.1) is 0 Å². The van der Waals surface area contributed by atoms with Gasteiger partial charge in [0, 0.05) is 23.4 Å². The van der Waals surface area contributed by atoms with Crippen LogP contribution in [0.2, 0.25) is 0 Å². The highest BCUT2D eigenvalue weighted by molar-refractivity contribution is 6.06. The first-order chi connectivity index (χ1) is 20.4. The van der Waals surface area contributed by atoms with Crippen LogP contribution >= 0.6 is 0 Å². The van der Waals surface area contributed by atoms with E-state index in [2.05, 4.69) is 42.1 Å². The molecule has 2 fully saturated rings. The summed E-state index contributed by atoms with van der Waals surface area (Å²) in [7, 11) is 0. The number of rotatable bonds is 5. The van der Waals surface area contributed by atoms with E-state index in [0.29, 0.717) is 46.5 Å². The molecule has 2 bridgehead atoms. The Kier molecular flexibility index (Phi) is 7.10. The van der Waals surface area contributed by atoms with Crippen LogP contribution in [-0.2, 0) is 4.74 Å². The zero-order valence-corrected chi connectivity index (χ0v) is 25.6. The van der Waals surface area contributed by atoms with Crippen molar-refractivity contribution in [2.45, 2.75) is 78.0 Å². The van der Waals surface area contributed by atoms with Crippen molar-refractivity contribution in [3.8, 4) is 11.3 Å². The van der Waals surface area contributed by atoms with E-state index in [1.165, 1.54) is 11.9 Å². The van der Waals surface area contributed by atoms with E-state index >= 15 is 0 Å². The predicted molar refractivity (Wildman–Crippen MR) is 167 cm³/mol. The second-order valence-electron chi connectivity index (χ2n) is 13.1. The van der Waals surface area contributed by atoms with E-state index < -0.39 is 5.60 Å². The second kappa shape index (κ2) is 10.7. The number of aromatic nitrogens is 4. The van der Waals surface area contributed by atoms with Gasteiger partial charge < -0.3 is 20.7 Å².